The maximum Gasteiger partial charge on any atom is 0.417 e. The number of benzene rings is 3. The van der Waals surface area contributed by atoms with Crippen molar-refractivity contribution in [3.8, 4) is 33.8 Å². The summed E-state index contributed by atoms with van der Waals surface area (Å²) < 4.78 is 56.0. The lowest BCUT2D eigenvalue weighted by Crippen LogP contribution is -2.07. The summed E-state index contributed by atoms with van der Waals surface area (Å²) in [6.45, 7) is 6.55. The van der Waals surface area contributed by atoms with Crippen molar-refractivity contribution in [2.24, 2.45) is 0 Å². The van der Waals surface area contributed by atoms with Crippen LogP contribution < -0.4 is 9.47 Å². The van der Waals surface area contributed by atoms with Gasteiger partial charge < -0.3 is 14.2 Å². The van der Waals surface area contributed by atoms with Gasteiger partial charge >= 0.3 is 18.1 Å². The Morgan fingerprint density at radius 3 is 1.83 bits per heavy atom. The molecule has 0 heterocycles. The van der Waals surface area contributed by atoms with Gasteiger partial charge in [0.25, 0.3) is 0 Å². The molecule has 3 rings (SSSR count). The molecule has 0 aromatic heterocycles. The molecule has 0 amide bonds. The highest BCUT2D eigenvalue weighted by Gasteiger charge is 2.34. The second-order valence-electron chi connectivity index (χ2n) is 6.96. The third-order valence-corrected chi connectivity index (χ3v) is 4.68. The number of hydrogen-bond acceptors (Lipinski definition) is 5. The molecule has 0 aliphatic heterocycles. The van der Waals surface area contributed by atoms with Crippen molar-refractivity contribution in [1.82, 2.24) is 0 Å². The fraction of sp³-hybridized carbons (Fsp3) is 0.0370. The van der Waals surface area contributed by atoms with Crippen LogP contribution in [0, 0.1) is 0 Å². The summed E-state index contributed by atoms with van der Waals surface area (Å²) in [6.07, 6.45) is -0.791. The average molecular weight is 480 g/mol. The lowest BCUT2D eigenvalue weighted by molar-refractivity contribution is -0.137. The Labute approximate surface area is 199 Å². The van der Waals surface area contributed by atoms with E-state index in [-0.39, 0.29) is 11.3 Å². The van der Waals surface area contributed by atoms with E-state index in [2.05, 4.69) is 17.9 Å². The molecule has 5 nitrogen and oxygen atoms in total. The highest BCUT2D eigenvalue weighted by atomic mass is 19.4. The molecular weight excluding hydrogens is 461 g/mol. The molecule has 0 N–H and O–H groups in total. The smallest absolute Gasteiger partial charge is 0.417 e. The van der Waals surface area contributed by atoms with Crippen molar-refractivity contribution in [1.29, 1.82) is 0 Å². The van der Waals surface area contributed by atoms with E-state index < -0.39 is 23.7 Å². The molecular formula is C27H19F3O5. The van der Waals surface area contributed by atoms with Gasteiger partial charge in [-0.05, 0) is 46.5 Å². The van der Waals surface area contributed by atoms with E-state index in [1.165, 1.54) is 12.1 Å². The minimum atomic E-state index is -4.63. The van der Waals surface area contributed by atoms with Crippen LogP contribution >= 0.6 is 0 Å². The van der Waals surface area contributed by atoms with Gasteiger partial charge in [-0.2, -0.15) is 13.2 Å². The first-order valence-corrected chi connectivity index (χ1v) is 10.1. The van der Waals surface area contributed by atoms with Crippen molar-refractivity contribution in [3.05, 3.63) is 110 Å². The zero-order chi connectivity index (χ0) is 25.4. The highest BCUT2D eigenvalue weighted by molar-refractivity contribution is 5.83. The Balaban J connectivity index is 1.82. The highest BCUT2D eigenvalue weighted by Crippen LogP contribution is 2.39. The number of ether oxygens (including phenoxy) is 3. The molecule has 35 heavy (non-hydrogen) atoms. The number of esters is 2. The van der Waals surface area contributed by atoms with Gasteiger partial charge in [0.2, 0.25) is 0 Å². The molecule has 8 heteroatoms. The van der Waals surface area contributed by atoms with E-state index >= 15 is 0 Å². The monoisotopic (exact) mass is 480 g/mol. The largest absolute Gasteiger partial charge is 0.462 e. The van der Waals surface area contributed by atoms with Crippen LogP contribution in [0.15, 0.2) is 105 Å². The summed E-state index contributed by atoms with van der Waals surface area (Å²) in [6, 6.07) is 16.8. The summed E-state index contributed by atoms with van der Waals surface area (Å²) in [5, 5.41) is 0. The zero-order valence-corrected chi connectivity index (χ0v) is 18.2. The van der Waals surface area contributed by atoms with E-state index in [9.17, 15) is 22.8 Å². The first-order valence-electron chi connectivity index (χ1n) is 10.1. The molecule has 0 saturated heterocycles. The Morgan fingerprint density at radius 2 is 1.26 bits per heavy atom. The van der Waals surface area contributed by atoms with Crippen LogP contribution in [0.4, 0.5) is 13.2 Å². The topological polar surface area (TPSA) is 61.8 Å². The first kappa shape index (κ1) is 25.0. The molecule has 3 aromatic rings. The molecule has 3 aromatic carbocycles. The Kier molecular flexibility index (Phi) is 7.88. The maximum atomic E-state index is 13.8. The van der Waals surface area contributed by atoms with Gasteiger partial charge in [0.1, 0.15) is 24.0 Å². The van der Waals surface area contributed by atoms with Gasteiger partial charge in [-0.15, -0.1) is 0 Å². The van der Waals surface area contributed by atoms with Crippen LogP contribution in [0.5, 0.6) is 11.5 Å². The summed E-state index contributed by atoms with van der Waals surface area (Å²) in [4.78, 5) is 22.2. The molecule has 0 fully saturated rings. The molecule has 0 saturated carbocycles. The number of rotatable bonds is 8. The van der Waals surface area contributed by atoms with Crippen molar-refractivity contribution >= 4 is 11.9 Å². The average Bonchev–Trinajstić information content (AvgIpc) is 2.86. The van der Waals surface area contributed by atoms with E-state index in [4.69, 9.17) is 9.47 Å². The summed E-state index contributed by atoms with van der Waals surface area (Å²) in [7, 11) is 0. The third-order valence-electron chi connectivity index (χ3n) is 4.68. The van der Waals surface area contributed by atoms with E-state index in [0.29, 0.717) is 11.3 Å². The third kappa shape index (κ3) is 6.70. The van der Waals surface area contributed by atoms with Crippen molar-refractivity contribution in [3.63, 3.8) is 0 Å². The normalized spacial score (nSPS) is 11.1. The van der Waals surface area contributed by atoms with E-state index in [0.717, 1.165) is 41.9 Å². The molecule has 0 aliphatic carbocycles. The summed E-state index contributed by atoms with van der Waals surface area (Å²) in [5.41, 5.74) is 1.01. The number of alkyl halides is 3. The zero-order valence-electron chi connectivity index (χ0n) is 18.2. The fourth-order valence-electron chi connectivity index (χ4n) is 3.05. The van der Waals surface area contributed by atoms with Crippen molar-refractivity contribution in [2.45, 2.75) is 6.18 Å². The SMILES string of the molecule is C=CC(=O)O/C=C\Oc1ccc(-c2ccc(-c3ccc(OC(=O)C=C)cc3)cc2)c(C(F)(F)F)c1. The van der Waals surface area contributed by atoms with Crippen LogP contribution in [0.3, 0.4) is 0 Å². The van der Waals surface area contributed by atoms with Crippen molar-refractivity contribution in [2.75, 3.05) is 0 Å². The van der Waals surface area contributed by atoms with Crippen LogP contribution in [0.25, 0.3) is 22.3 Å². The minimum absolute atomic E-state index is 0.0230. The van der Waals surface area contributed by atoms with Gasteiger partial charge in [0.05, 0.1) is 5.56 Å². The van der Waals surface area contributed by atoms with Gasteiger partial charge in [0, 0.05) is 12.2 Å². The molecule has 0 bridgehead atoms. The Morgan fingerprint density at radius 1 is 0.714 bits per heavy atom. The lowest BCUT2D eigenvalue weighted by Gasteiger charge is -2.15. The minimum Gasteiger partial charge on any atom is -0.462 e. The quantitative estimate of drug-likeness (QED) is 0.155. The van der Waals surface area contributed by atoms with E-state index in [1.807, 2.05) is 0 Å². The number of halogens is 3. The number of hydrogen-bond donors (Lipinski definition) is 0. The van der Waals surface area contributed by atoms with Gasteiger partial charge in [-0.1, -0.05) is 55.6 Å². The predicted molar refractivity (Wildman–Crippen MR) is 124 cm³/mol. The Hall–Kier alpha value is -4.59. The number of carbonyl (C=O) groups is 2. The van der Waals surface area contributed by atoms with Crippen LogP contribution in [0.2, 0.25) is 0 Å². The standard InChI is InChI=1S/C27H19F3O5/c1-3-25(31)34-16-15-33-22-13-14-23(24(17-22)27(28,29)30)20-7-5-18(6-8-20)19-9-11-21(12-10-19)35-26(32)4-2/h3-17H,1-2H2/b16-15-. The molecule has 178 valence electrons. The second kappa shape index (κ2) is 11.0. The summed E-state index contributed by atoms with van der Waals surface area (Å²) in [5.74, 6) is -1.04. The predicted octanol–water partition coefficient (Wildman–Crippen LogP) is 6.71. The fourth-order valence-corrected chi connectivity index (χ4v) is 3.05. The lowest BCUT2D eigenvalue weighted by atomic mass is 9.96. The van der Waals surface area contributed by atoms with Crippen molar-refractivity contribution < 1.29 is 37.0 Å². The Bertz CT molecular complexity index is 1260. The molecule has 0 aliphatic rings. The van der Waals surface area contributed by atoms with Crippen LogP contribution in [-0.2, 0) is 20.5 Å². The maximum absolute atomic E-state index is 13.8. The molecule has 0 unspecified atom stereocenters. The van der Waals surface area contributed by atoms with Gasteiger partial charge in [-0.3, -0.25) is 0 Å². The number of carbonyl (C=O) groups excluding carboxylic acids is 2. The first-order chi connectivity index (χ1) is 16.7. The second-order valence-corrected chi connectivity index (χ2v) is 6.96. The van der Waals surface area contributed by atoms with Gasteiger partial charge in [-0.25, -0.2) is 9.59 Å². The molecule has 0 spiro atoms. The van der Waals surface area contributed by atoms with Gasteiger partial charge in [0.15, 0.2) is 0 Å². The molecule has 0 atom stereocenters. The van der Waals surface area contributed by atoms with Crippen LogP contribution in [-0.4, -0.2) is 11.9 Å². The summed E-state index contributed by atoms with van der Waals surface area (Å²) >= 11 is 0. The molecule has 0 radical (unpaired) electrons. The van der Waals surface area contributed by atoms with E-state index in [1.54, 1.807) is 48.5 Å². The van der Waals surface area contributed by atoms with Crippen LogP contribution in [0.1, 0.15) is 5.56 Å².